The van der Waals surface area contributed by atoms with Crippen molar-refractivity contribution >= 4 is 0 Å². The van der Waals surface area contributed by atoms with Crippen molar-refractivity contribution < 1.29 is 0 Å². The molecular formula is C14H32N2. The van der Waals surface area contributed by atoms with Crippen LogP contribution in [0.1, 0.15) is 53.4 Å². The monoisotopic (exact) mass is 228 g/mol. The number of hydrogen-bond acceptors (Lipinski definition) is 2. The molecule has 0 aliphatic carbocycles. The van der Waals surface area contributed by atoms with Crippen LogP contribution in [0.2, 0.25) is 0 Å². The maximum absolute atomic E-state index is 3.59. The number of hydrogen-bond donors (Lipinski definition) is 1. The Kier molecular flexibility index (Phi) is 7.25. The topological polar surface area (TPSA) is 15.3 Å². The molecule has 2 heteroatoms. The molecule has 0 rings (SSSR count). The van der Waals surface area contributed by atoms with Crippen LogP contribution < -0.4 is 5.32 Å². The van der Waals surface area contributed by atoms with E-state index >= 15 is 0 Å². The first-order chi connectivity index (χ1) is 7.53. The van der Waals surface area contributed by atoms with Gasteiger partial charge >= 0.3 is 0 Å². The van der Waals surface area contributed by atoms with E-state index in [-0.39, 0.29) is 0 Å². The predicted octanol–water partition coefficient (Wildman–Crippen LogP) is 3.13. The van der Waals surface area contributed by atoms with E-state index in [1.807, 2.05) is 0 Å². The molecule has 0 aliphatic heterocycles. The SMILES string of the molecule is CCC(CC)C(NC)C(CC)(CC)N(C)C. The lowest BCUT2D eigenvalue weighted by Gasteiger charge is -2.48. The highest BCUT2D eigenvalue weighted by atomic mass is 15.2. The molecule has 2 nitrogen and oxygen atoms in total. The van der Waals surface area contributed by atoms with Crippen LogP contribution in [-0.4, -0.2) is 37.6 Å². The molecule has 16 heavy (non-hydrogen) atoms. The van der Waals surface area contributed by atoms with Crippen LogP contribution in [-0.2, 0) is 0 Å². The van der Waals surface area contributed by atoms with Gasteiger partial charge in [-0.15, -0.1) is 0 Å². The second-order valence-electron chi connectivity index (χ2n) is 5.05. The van der Waals surface area contributed by atoms with Crippen molar-refractivity contribution in [3.8, 4) is 0 Å². The van der Waals surface area contributed by atoms with Crippen LogP contribution in [0.4, 0.5) is 0 Å². The first-order valence-corrected chi connectivity index (χ1v) is 6.88. The maximum atomic E-state index is 3.59. The Morgan fingerprint density at radius 2 is 1.44 bits per heavy atom. The Bertz CT molecular complexity index is 170. The Morgan fingerprint density at radius 1 is 1.00 bits per heavy atom. The molecule has 1 unspecified atom stereocenters. The second-order valence-corrected chi connectivity index (χ2v) is 5.05. The van der Waals surface area contributed by atoms with Crippen LogP contribution in [0.25, 0.3) is 0 Å². The minimum Gasteiger partial charge on any atom is -0.315 e. The van der Waals surface area contributed by atoms with E-state index in [0.29, 0.717) is 11.6 Å². The predicted molar refractivity (Wildman–Crippen MR) is 73.9 cm³/mol. The molecule has 0 heterocycles. The van der Waals surface area contributed by atoms with Gasteiger partial charge in [-0.3, -0.25) is 0 Å². The smallest absolute Gasteiger partial charge is 0.0353 e. The number of nitrogens with zero attached hydrogens (tertiary/aromatic N) is 1. The molecule has 0 aromatic rings. The fourth-order valence-corrected chi connectivity index (χ4v) is 3.30. The third kappa shape index (κ3) is 2.98. The molecule has 0 spiro atoms. The van der Waals surface area contributed by atoms with Gasteiger partial charge in [-0.1, -0.05) is 40.5 Å². The average molecular weight is 228 g/mol. The molecule has 0 radical (unpaired) electrons. The summed E-state index contributed by atoms with van der Waals surface area (Å²) in [6.45, 7) is 9.25. The molecule has 0 saturated carbocycles. The Morgan fingerprint density at radius 3 is 1.62 bits per heavy atom. The van der Waals surface area contributed by atoms with E-state index in [0.717, 1.165) is 5.92 Å². The summed E-state index contributed by atoms with van der Waals surface area (Å²) in [7, 11) is 6.56. The maximum Gasteiger partial charge on any atom is 0.0353 e. The molecule has 0 amide bonds. The quantitative estimate of drug-likeness (QED) is 0.686. The lowest BCUT2D eigenvalue weighted by atomic mass is 9.75. The summed E-state index contributed by atoms with van der Waals surface area (Å²) in [5.41, 5.74) is 0.297. The van der Waals surface area contributed by atoms with Crippen molar-refractivity contribution in [2.75, 3.05) is 21.1 Å². The molecule has 0 fully saturated rings. The standard InChI is InChI=1S/C14H32N2/c1-8-12(9-2)13(15-5)14(10-3,11-4)16(6)7/h12-13,15H,8-11H2,1-7H3. The van der Waals surface area contributed by atoms with Crippen molar-refractivity contribution in [2.24, 2.45) is 5.92 Å². The molecule has 0 aliphatic rings. The van der Waals surface area contributed by atoms with E-state index in [1.54, 1.807) is 0 Å². The molecule has 0 saturated heterocycles. The molecule has 0 aromatic heterocycles. The van der Waals surface area contributed by atoms with Crippen LogP contribution in [0.5, 0.6) is 0 Å². The fraction of sp³-hybridized carbons (Fsp3) is 1.00. The van der Waals surface area contributed by atoms with E-state index in [2.05, 4.69) is 59.1 Å². The lowest BCUT2D eigenvalue weighted by Crippen LogP contribution is -2.60. The summed E-state index contributed by atoms with van der Waals surface area (Å²) in [4.78, 5) is 2.42. The summed E-state index contributed by atoms with van der Waals surface area (Å²) in [5.74, 6) is 0.771. The van der Waals surface area contributed by atoms with E-state index in [4.69, 9.17) is 0 Å². The van der Waals surface area contributed by atoms with Crippen molar-refractivity contribution in [3.63, 3.8) is 0 Å². The van der Waals surface area contributed by atoms with Crippen LogP contribution >= 0.6 is 0 Å². The van der Waals surface area contributed by atoms with Gasteiger partial charge in [0.25, 0.3) is 0 Å². The van der Waals surface area contributed by atoms with Gasteiger partial charge in [0.1, 0.15) is 0 Å². The summed E-state index contributed by atoms with van der Waals surface area (Å²) >= 11 is 0. The Hall–Kier alpha value is -0.0800. The lowest BCUT2D eigenvalue weighted by molar-refractivity contribution is 0.0605. The van der Waals surface area contributed by atoms with Gasteiger partial charge in [-0.05, 0) is 39.9 Å². The summed E-state index contributed by atoms with van der Waals surface area (Å²) < 4.78 is 0. The highest BCUT2D eigenvalue weighted by molar-refractivity contribution is 4.99. The minimum atomic E-state index is 0.297. The Labute approximate surface area is 103 Å². The number of nitrogens with one attached hydrogen (secondary N) is 1. The molecule has 0 aromatic carbocycles. The van der Waals surface area contributed by atoms with Crippen molar-refractivity contribution in [1.82, 2.24) is 10.2 Å². The Balaban J connectivity index is 5.11. The molecule has 1 N–H and O–H groups in total. The summed E-state index contributed by atoms with van der Waals surface area (Å²) in [6, 6.07) is 0.590. The van der Waals surface area contributed by atoms with E-state index in [1.165, 1.54) is 25.7 Å². The molecular weight excluding hydrogens is 196 g/mol. The fourth-order valence-electron chi connectivity index (χ4n) is 3.30. The third-order valence-electron chi connectivity index (χ3n) is 4.53. The number of likely N-dealkylation sites (N-methyl/N-ethyl adjacent to an activating group) is 2. The minimum absolute atomic E-state index is 0.297. The summed E-state index contributed by atoms with van der Waals surface area (Å²) in [5, 5.41) is 3.59. The van der Waals surface area contributed by atoms with Crippen LogP contribution in [0, 0.1) is 5.92 Å². The van der Waals surface area contributed by atoms with E-state index in [9.17, 15) is 0 Å². The zero-order chi connectivity index (χ0) is 12.8. The van der Waals surface area contributed by atoms with E-state index < -0.39 is 0 Å². The zero-order valence-electron chi connectivity index (χ0n) is 12.4. The largest absolute Gasteiger partial charge is 0.315 e. The van der Waals surface area contributed by atoms with Gasteiger partial charge in [0.15, 0.2) is 0 Å². The zero-order valence-corrected chi connectivity index (χ0v) is 12.4. The van der Waals surface area contributed by atoms with Gasteiger partial charge in [0.2, 0.25) is 0 Å². The first kappa shape index (κ1) is 15.9. The van der Waals surface area contributed by atoms with Gasteiger partial charge in [-0.2, -0.15) is 0 Å². The third-order valence-corrected chi connectivity index (χ3v) is 4.53. The van der Waals surface area contributed by atoms with Crippen molar-refractivity contribution in [1.29, 1.82) is 0 Å². The first-order valence-electron chi connectivity index (χ1n) is 6.88. The van der Waals surface area contributed by atoms with Gasteiger partial charge in [-0.25, -0.2) is 0 Å². The van der Waals surface area contributed by atoms with Crippen LogP contribution in [0.15, 0.2) is 0 Å². The highest BCUT2D eigenvalue weighted by Gasteiger charge is 2.39. The molecule has 0 bridgehead atoms. The van der Waals surface area contributed by atoms with Gasteiger partial charge in [0, 0.05) is 11.6 Å². The van der Waals surface area contributed by atoms with Crippen molar-refractivity contribution in [2.45, 2.75) is 65.0 Å². The van der Waals surface area contributed by atoms with Gasteiger partial charge in [0.05, 0.1) is 0 Å². The van der Waals surface area contributed by atoms with Crippen LogP contribution in [0.3, 0.4) is 0 Å². The normalized spacial score (nSPS) is 14.8. The average Bonchev–Trinajstić information content (AvgIpc) is 2.29. The van der Waals surface area contributed by atoms with Gasteiger partial charge < -0.3 is 10.2 Å². The summed E-state index contributed by atoms with van der Waals surface area (Å²) in [6.07, 6.45) is 4.94. The highest BCUT2D eigenvalue weighted by Crippen LogP contribution is 2.32. The number of rotatable bonds is 8. The second kappa shape index (κ2) is 7.29. The molecule has 1 atom stereocenters. The van der Waals surface area contributed by atoms with Crippen molar-refractivity contribution in [3.05, 3.63) is 0 Å². The molecule has 98 valence electrons.